The highest BCUT2D eigenvalue weighted by atomic mass is 16.2. The first-order valence-corrected chi connectivity index (χ1v) is 8.30. The summed E-state index contributed by atoms with van der Waals surface area (Å²) >= 11 is 0. The third kappa shape index (κ3) is 3.48. The molecule has 0 fully saturated rings. The van der Waals surface area contributed by atoms with Gasteiger partial charge in [-0.1, -0.05) is 66.0 Å². The molecule has 21 heavy (non-hydrogen) atoms. The lowest BCUT2D eigenvalue weighted by atomic mass is 9.81. The van der Waals surface area contributed by atoms with E-state index in [4.69, 9.17) is 0 Å². The molecule has 116 valence electrons. The molecule has 2 atom stereocenters. The summed E-state index contributed by atoms with van der Waals surface area (Å²) in [6.07, 6.45) is 4.84. The van der Waals surface area contributed by atoms with Crippen LogP contribution in [0.1, 0.15) is 77.3 Å². The Kier molecular flexibility index (Phi) is 4.75. The van der Waals surface area contributed by atoms with Crippen molar-refractivity contribution in [2.75, 3.05) is 5.32 Å². The van der Waals surface area contributed by atoms with Crippen LogP contribution in [0, 0.1) is 5.92 Å². The molecule has 0 saturated heterocycles. The Bertz CT molecular complexity index is 513. The van der Waals surface area contributed by atoms with Crippen molar-refractivity contribution in [3.63, 3.8) is 0 Å². The molecular formula is C19H29NO. The highest BCUT2D eigenvalue weighted by molar-refractivity contribution is 6.03. The molecule has 1 aromatic rings. The van der Waals surface area contributed by atoms with Gasteiger partial charge in [-0.25, -0.2) is 0 Å². The Morgan fingerprint density at radius 1 is 1.24 bits per heavy atom. The number of rotatable bonds is 5. The molecular weight excluding hydrogens is 258 g/mol. The zero-order valence-electron chi connectivity index (χ0n) is 14.1. The molecule has 1 amide bonds. The first-order chi connectivity index (χ1) is 9.84. The lowest BCUT2D eigenvalue weighted by molar-refractivity contribution is -0.118. The number of fused-ring (bicyclic) bond motifs is 1. The maximum absolute atomic E-state index is 12.4. The van der Waals surface area contributed by atoms with E-state index < -0.39 is 0 Å². The van der Waals surface area contributed by atoms with Gasteiger partial charge < -0.3 is 5.32 Å². The van der Waals surface area contributed by atoms with Gasteiger partial charge in [-0.2, -0.15) is 0 Å². The monoisotopic (exact) mass is 287 g/mol. The number of anilines is 1. The van der Waals surface area contributed by atoms with Gasteiger partial charge in [0.1, 0.15) is 0 Å². The molecule has 0 radical (unpaired) electrons. The van der Waals surface area contributed by atoms with Crippen LogP contribution in [-0.4, -0.2) is 5.91 Å². The zero-order chi connectivity index (χ0) is 15.6. The molecule has 0 spiro atoms. The van der Waals surface area contributed by atoms with Gasteiger partial charge in [-0.15, -0.1) is 0 Å². The number of hydrogen-bond donors (Lipinski definition) is 1. The van der Waals surface area contributed by atoms with Crippen LogP contribution in [0.2, 0.25) is 0 Å². The van der Waals surface area contributed by atoms with E-state index in [0.29, 0.717) is 5.92 Å². The van der Waals surface area contributed by atoms with E-state index in [1.807, 2.05) is 0 Å². The molecule has 2 unspecified atom stereocenters. The molecule has 1 aliphatic heterocycles. The molecule has 2 rings (SSSR count). The number of hydrogen-bond acceptors (Lipinski definition) is 1. The van der Waals surface area contributed by atoms with Crippen molar-refractivity contribution >= 4 is 11.6 Å². The van der Waals surface area contributed by atoms with Gasteiger partial charge in [0.05, 0.1) is 5.92 Å². The van der Waals surface area contributed by atoms with Crippen molar-refractivity contribution in [2.24, 2.45) is 5.92 Å². The smallest absolute Gasteiger partial charge is 0.232 e. The van der Waals surface area contributed by atoms with E-state index >= 15 is 0 Å². The lowest BCUT2D eigenvalue weighted by Gasteiger charge is -2.22. The fourth-order valence-electron chi connectivity index (χ4n) is 3.20. The second-order valence-corrected chi connectivity index (χ2v) is 7.49. The van der Waals surface area contributed by atoms with Crippen LogP contribution in [0.3, 0.4) is 0 Å². The van der Waals surface area contributed by atoms with Gasteiger partial charge in [0, 0.05) is 5.69 Å². The largest absolute Gasteiger partial charge is 0.325 e. The molecule has 1 aromatic carbocycles. The van der Waals surface area contributed by atoms with Crippen LogP contribution in [0.25, 0.3) is 0 Å². The number of amides is 1. The fourth-order valence-corrected chi connectivity index (χ4v) is 3.20. The number of nitrogens with one attached hydrogen (secondary N) is 1. The summed E-state index contributed by atoms with van der Waals surface area (Å²) in [5.41, 5.74) is 3.65. The van der Waals surface area contributed by atoms with E-state index in [9.17, 15) is 4.79 Å². The normalized spacial score (nSPS) is 19.3. The molecule has 2 heteroatoms. The first kappa shape index (κ1) is 16.1. The van der Waals surface area contributed by atoms with Gasteiger partial charge in [0.15, 0.2) is 0 Å². The Hall–Kier alpha value is -1.31. The maximum atomic E-state index is 12.4. The average molecular weight is 287 g/mol. The number of carbonyl (C=O) groups is 1. The van der Waals surface area contributed by atoms with Gasteiger partial charge in [-0.05, 0) is 34.9 Å². The number of benzene rings is 1. The molecule has 1 aliphatic rings. The molecule has 0 saturated carbocycles. The Morgan fingerprint density at radius 3 is 2.57 bits per heavy atom. The molecule has 0 aromatic heterocycles. The molecule has 1 N–H and O–H groups in total. The topological polar surface area (TPSA) is 29.1 Å². The van der Waals surface area contributed by atoms with Crippen molar-refractivity contribution in [1.29, 1.82) is 0 Å². The second-order valence-electron chi connectivity index (χ2n) is 7.49. The van der Waals surface area contributed by atoms with E-state index in [1.165, 1.54) is 30.4 Å². The Balaban J connectivity index is 2.24. The Morgan fingerprint density at radius 2 is 1.95 bits per heavy atom. The minimum absolute atomic E-state index is 0.0270. The second kappa shape index (κ2) is 6.21. The summed E-state index contributed by atoms with van der Waals surface area (Å²) in [7, 11) is 0. The Labute approximate surface area is 129 Å². The zero-order valence-corrected chi connectivity index (χ0v) is 14.1. The van der Waals surface area contributed by atoms with Gasteiger partial charge >= 0.3 is 0 Å². The quantitative estimate of drug-likeness (QED) is 0.738. The minimum Gasteiger partial charge on any atom is -0.325 e. The summed E-state index contributed by atoms with van der Waals surface area (Å²) in [6.45, 7) is 11.1. The SMILES string of the molecule is CCCCCC(C)C1C(=O)Nc2ccc(C(C)(C)C)cc21. The summed E-state index contributed by atoms with van der Waals surface area (Å²) in [6, 6.07) is 6.46. The minimum atomic E-state index is 0.0270. The van der Waals surface area contributed by atoms with E-state index in [-0.39, 0.29) is 17.2 Å². The van der Waals surface area contributed by atoms with Gasteiger partial charge in [-0.3, -0.25) is 4.79 Å². The van der Waals surface area contributed by atoms with E-state index in [0.717, 1.165) is 12.1 Å². The van der Waals surface area contributed by atoms with Gasteiger partial charge in [0.2, 0.25) is 5.91 Å². The molecule has 2 nitrogen and oxygen atoms in total. The number of carbonyl (C=O) groups excluding carboxylic acids is 1. The molecule has 0 aliphatic carbocycles. The first-order valence-electron chi connectivity index (χ1n) is 8.30. The maximum Gasteiger partial charge on any atom is 0.232 e. The predicted molar refractivity (Wildman–Crippen MR) is 89.8 cm³/mol. The van der Waals surface area contributed by atoms with E-state index in [2.05, 4.69) is 58.1 Å². The molecule has 1 heterocycles. The van der Waals surface area contributed by atoms with Crippen molar-refractivity contribution < 1.29 is 4.79 Å². The van der Waals surface area contributed by atoms with Crippen LogP contribution in [0.15, 0.2) is 18.2 Å². The predicted octanol–water partition coefficient (Wildman–Crippen LogP) is 5.24. The van der Waals surface area contributed by atoms with Crippen molar-refractivity contribution in [3.05, 3.63) is 29.3 Å². The number of unbranched alkanes of at least 4 members (excludes halogenated alkanes) is 2. The standard InChI is InChI=1S/C19H29NO/c1-6-7-8-9-13(2)17-15-12-14(19(3,4)5)10-11-16(15)20-18(17)21/h10-13,17H,6-9H2,1-5H3,(H,20,21). The van der Waals surface area contributed by atoms with Crippen LogP contribution < -0.4 is 5.32 Å². The third-order valence-corrected chi connectivity index (χ3v) is 4.63. The highest BCUT2D eigenvalue weighted by Gasteiger charge is 2.35. The van der Waals surface area contributed by atoms with Crippen LogP contribution in [0.5, 0.6) is 0 Å². The summed E-state index contributed by atoms with van der Waals surface area (Å²) in [5.74, 6) is 0.618. The summed E-state index contributed by atoms with van der Waals surface area (Å²) in [4.78, 5) is 12.4. The van der Waals surface area contributed by atoms with E-state index in [1.54, 1.807) is 0 Å². The average Bonchev–Trinajstić information content (AvgIpc) is 2.72. The summed E-state index contributed by atoms with van der Waals surface area (Å²) in [5, 5.41) is 3.06. The third-order valence-electron chi connectivity index (χ3n) is 4.63. The van der Waals surface area contributed by atoms with Crippen molar-refractivity contribution in [1.82, 2.24) is 0 Å². The highest BCUT2D eigenvalue weighted by Crippen LogP contribution is 2.41. The van der Waals surface area contributed by atoms with Crippen LogP contribution in [-0.2, 0) is 10.2 Å². The fraction of sp³-hybridized carbons (Fsp3) is 0.632. The van der Waals surface area contributed by atoms with Gasteiger partial charge in [0.25, 0.3) is 0 Å². The molecule has 0 bridgehead atoms. The van der Waals surface area contributed by atoms with Crippen molar-refractivity contribution in [3.8, 4) is 0 Å². The lowest BCUT2D eigenvalue weighted by Crippen LogP contribution is -2.19. The van der Waals surface area contributed by atoms with Crippen molar-refractivity contribution in [2.45, 2.75) is 71.6 Å². The summed E-state index contributed by atoms with van der Waals surface area (Å²) < 4.78 is 0. The van der Waals surface area contributed by atoms with Crippen LogP contribution >= 0.6 is 0 Å². The van der Waals surface area contributed by atoms with Crippen LogP contribution in [0.4, 0.5) is 5.69 Å².